The lowest BCUT2D eigenvalue weighted by molar-refractivity contribution is 0.595. The van der Waals surface area contributed by atoms with Crippen molar-refractivity contribution in [2.45, 2.75) is 6.54 Å². The fraction of sp³-hybridized carbons (Fsp3) is 0.0588. The lowest BCUT2D eigenvalue weighted by Crippen LogP contribution is -2.22. The van der Waals surface area contributed by atoms with Crippen molar-refractivity contribution in [1.82, 2.24) is 24.5 Å². The molecule has 8 heteroatoms. The molecule has 2 heterocycles. The molecule has 0 aliphatic rings. The summed E-state index contributed by atoms with van der Waals surface area (Å²) >= 11 is 3.37. The van der Waals surface area contributed by atoms with Gasteiger partial charge < -0.3 is 0 Å². The number of fused-ring (bicyclic) bond motifs is 1. The van der Waals surface area contributed by atoms with Crippen LogP contribution in [0.5, 0.6) is 0 Å². The highest BCUT2D eigenvalue weighted by molar-refractivity contribution is 9.10. The summed E-state index contributed by atoms with van der Waals surface area (Å²) in [7, 11) is 0. The van der Waals surface area contributed by atoms with Crippen LogP contribution in [0.25, 0.3) is 16.9 Å². The summed E-state index contributed by atoms with van der Waals surface area (Å²) in [6.07, 6.45) is 1.38. The molecule has 0 spiro atoms. The number of hydrogen-bond acceptors (Lipinski definition) is 4. The molecule has 25 heavy (non-hydrogen) atoms. The van der Waals surface area contributed by atoms with Gasteiger partial charge in [0.15, 0.2) is 11.2 Å². The molecular weight excluding hydrogens is 389 g/mol. The average Bonchev–Trinajstić information content (AvgIpc) is 3.05. The zero-order chi connectivity index (χ0) is 17.4. The largest absolute Gasteiger partial charge is 0.293 e. The van der Waals surface area contributed by atoms with E-state index in [2.05, 4.69) is 31.2 Å². The quantitative estimate of drug-likeness (QED) is 0.531. The SMILES string of the molecule is O=c1c2nnn(-c3ccc(Br)cc3)c2ncn1Cc1ccccc1F. The lowest BCUT2D eigenvalue weighted by Gasteiger charge is -2.06. The average molecular weight is 400 g/mol. The van der Waals surface area contributed by atoms with Crippen LogP contribution in [0.1, 0.15) is 5.56 Å². The van der Waals surface area contributed by atoms with Crippen LogP contribution in [0.4, 0.5) is 4.39 Å². The summed E-state index contributed by atoms with van der Waals surface area (Å²) in [5, 5.41) is 7.98. The van der Waals surface area contributed by atoms with Crippen LogP contribution in [0, 0.1) is 5.82 Å². The van der Waals surface area contributed by atoms with Crippen molar-refractivity contribution < 1.29 is 4.39 Å². The standard InChI is InChI=1S/C17H11BrFN5O/c18-12-5-7-13(8-6-12)24-16-15(21-22-24)17(25)23(10-20-16)9-11-3-1-2-4-14(11)19/h1-8,10H,9H2. The fourth-order valence-electron chi connectivity index (χ4n) is 2.52. The van der Waals surface area contributed by atoms with Gasteiger partial charge >= 0.3 is 0 Å². The third kappa shape index (κ3) is 2.85. The van der Waals surface area contributed by atoms with Gasteiger partial charge in [0.25, 0.3) is 5.56 Å². The molecule has 4 aromatic rings. The molecule has 0 aliphatic carbocycles. The number of hydrogen-bond donors (Lipinski definition) is 0. The van der Waals surface area contributed by atoms with E-state index in [1.165, 1.54) is 21.6 Å². The molecule has 0 radical (unpaired) electrons. The van der Waals surface area contributed by atoms with Gasteiger partial charge in [0.1, 0.15) is 12.1 Å². The highest BCUT2D eigenvalue weighted by Gasteiger charge is 2.14. The van der Waals surface area contributed by atoms with E-state index in [0.717, 1.165) is 10.2 Å². The summed E-state index contributed by atoms with van der Waals surface area (Å²) in [5.74, 6) is -0.368. The number of nitrogens with zero attached hydrogens (tertiary/aromatic N) is 5. The molecule has 0 unspecified atom stereocenters. The minimum Gasteiger partial charge on any atom is -0.293 e. The smallest absolute Gasteiger partial charge is 0.283 e. The van der Waals surface area contributed by atoms with Gasteiger partial charge in [-0.2, -0.15) is 4.68 Å². The maximum atomic E-state index is 13.8. The van der Waals surface area contributed by atoms with Crippen molar-refractivity contribution in [1.29, 1.82) is 0 Å². The molecule has 0 atom stereocenters. The first-order chi connectivity index (χ1) is 12.1. The number of aromatic nitrogens is 5. The minimum absolute atomic E-state index is 0.0829. The van der Waals surface area contributed by atoms with Crippen LogP contribution in [0.15, 0.2) is 64.1 Å². The summed E-state index contributed by atoms with van der Waals surface area (Å²) in [6, 6.07) is 13.7. The predicted octanol–water partition coefficient (Wildman–Crippen LogP) is 2.93. The first kappa shape index (κ1) is 15.6. The van der Waals surface area contributed by atoms with Gasteiger partial charge in [-0.25, -0.2) is 9.37 Å². The number of rotatable bonds is 3. The molecule has 2 aromatic heterocycles. The van der Waals surface area contributed by atoms with Gasteiger partial charge in [-0.1, -0.05) is 39.3 Å². The molecular formula is C17H11BrFN5O. The van der Waals surface area contributed by atoms with Gasteiger partial charge in [0.2, 0.25) is 0 Å². The first-order valence-corrected chi connectivity index (χ1v) is 8.23. The van der Waals surface area contributed by atoms with E-state index in [1.54, 1.807) is 18.2 Å². The zero-order valence-corrected chi connectivity index (χ0v) is 14.4. The molecule has 124 valence electrons. The number of halogens is 2. The van der Waals surface area contributed by atoms with Gasteiger partial charge in [-0.15, -0.1) is 5.10 Å². The molecule has 0 saturated heterocycles. The van der Waals surface area contributed by atoms with Crippen molar-refractivity contribution in [3.63, 3.8) is 0 Å². The second-order valence-electron chi connectivity index (χ2n) is 5.42. The Bertz CT molecular complexity index is 1120. The van der Waals surface area contributed by atoms with Crippen molar-refractivity contribution in [3.05, 3.63) is 81.1 Å². The van der Waals surface area contributed by atoms with Crippen LogP contribution in [-0.2, 0) is 6.54 Å². The molecule has 2 aromatic carbocycles. The Labute approximate surface area is 149 Å². The second kappa shape index (κ2) is 6.21. The third-order valence-corrected chi connectivity index (χ3v) is 4.33. The highest BCUT2D eigenvalue weighted by Crippen LogP contribution is 2.16. The number of benzene rings is 2. The summed E-state index contributed by atoms with van der Waals surface area (Å²) in [6.45, 7) is 0.0829. The minimum atomic E-state index is -0.368. The van der Waals surface area contributed by atoms with Crippen molar-refractivity contribution in [2.75, 3.05) is 0 Å². The summed E-state index contributed by atoms with van der Waals surface area (Å²) in [4.78, 5) is 16.9. The van der Waals surface area contributed by atoms with Gasteiger partial charge in [0, 0.05) is 10.0 Å². The Kier molecular flexibility index (Phi) is 3.89. The Balaban J connectivity index is 1.78. The lowest BCUT2D eigenvalue weighted by atomic mass is 10.2. The van der Waals surface area contributed by atoms with E-state index < -0.39 is 0 Å². The molecule has 0 amide bonds. The van der Waals surface area contributed by atoms with E-state index in [1.807, 2.05) is 24.3 Å². The Morgan fingerprint density at radius 3 is 2.60 bits per heavy atom. The van der Waals surface area contributed by atoms with E-state index in [4.69, 9.17) is 0 Å². The van der Waals surface area contributed by atoms with Crippen molar-refractivity contribution >= 4 is 27.1 Å². The van der Waals surface area contributed by atoms with Crippen LogP contribution in [0.2, 0.25) is 0 Å². The maximum absolute atomic E-state index is 13.8. The second-order valence-corrected chi connectivity index (χ2v) is 6.33. The van der Waals surface area contributed by atoms with Crippen molar-refractivity contribution in [2.24, 2.45) is 0 Å². The zero-order valence-electron chi connectivity index (χ0n) is 12.8. The highest BCUT2D eigenvalue weighted by atomic mass is 79.9. The van der Waals surface area contributed by atoms with Crippen LogP contribution in [-0.4, -0.2) is 24.5 Å². The fourth-order valence-corrected chi connectivity index (χ4v) is 2.79. The predicted molar refractivity (Wildman–Crippen MR) is 94.1 cm³/mol. The summed E-state index contributed by atoms with van der Waals surface area (Å²) < 4.78 is 17.6. The normalized spacial score (nSPS) is 11.1. The monoisotopic (exact) mass is 399 g/mol. The Morgan fingerprint density at radius 2 is 1.84 bits per heavy atom. The van der Waals surface area contributed by atoms with Crippen LogP contribution in [0.3, 0.4) is 0 Å². The maximum Gasteiger partial charge on any atom is 0.283 e. The van der Waals surface area contributed by atoms with Gasteiger partial charge in [-0.05, 0) is 30.3 Å². The Hall–Kier alpha value is -2.87. The topological polar surface area (TPSA) is 65.6 Å². The van der Waals surface area contributed by atoms with Gasteiger partial charge in [-0.3, -0.25) is 9.36 Å². The van der Waals surface area contributed by atoms with Crippen LogP contribution < -0.4 is 5.56 Å². The Morgan fingerprint density at radius 1 is 1.08 bits per heavy atom. The summed E-state index contributed by atoms with van der Waals surface area (Å²) in [5.41, 5.74) is 1.28. The third-order valence-electron chi connectivity index (χ3n) is 3.80. The van der Waals surface area contributed by atoms with E-state index >= 15 is 0 Å². The van der Waals surface area contributed by atoms with E-state index in [-0.39, 0.29) is 23.4 Å². The van der Waals surface area contributed by atoms with E-state index in [9.17, 15) is 9.18 Å². The molecule has 0 bridgehead atoms. The molecule has 0 N–H and O–H groups in total. The van der Waals surface area contributed by atoms with Gasteiger partial charge in [0.05, 0.1) is 12.2 Å². The molecule has 6 nitrogen and oxygen atoms in total. The van der Waals surface area contributed by atoms with Crippen LogP contribution >= 0.6 is 15.9 Å². The molecule has 0 saturated carbocycles. The molecule has 0 aliphatic heterocycles. The van der Waals surface area contributed by atoms with Crippen molar-refractivity contribution in [3.8, 4) is 5.69 Å². The molecule has 0 fully saturated rings. The first-order valence-electron chi connectivity index (χ1n) is 7.44. The molecule has 4 rings (SSSR count). The van der Waals surface area contributed by atoms with E-state index in [0.29, 0.717) is 11.2 Å².